The van der Waals surface area contributed by atoms with E-state index in [0.717, 1.165) is 6.26 Å². The summed E-state index contributed by atoms with van der Waals surface area (Å²) in [5.41, 5.74) is 0. The molecule has 0 spiro atoms. The van der Waals surface area contributed by atoms with Crippen LogP contribution in [0.15, 0.2) is 22.8 Å². The molecular formula is C7H6O3. The lowest BCUT2D eigenvalue weighted by Crippen LogP contribution is -1.67. The molecule has 3 heteroatoms. The van der Waals surface area contributed by atoms with Crippen LogP contribution in [0, 0.1) is 0 Å². The largest absolute Gasteiger partial charge is 0.515 e. The highest BCUT2D eigenvalue weighted by Crippen LogP contribution is 2.06. The minimum atomic E-state index is 0.258. The second-order valence-electron chi connectivity index (χ2n) is 1.67. The Morgan fingerprint density at radius 1 is 1.40 bits per heavy atom. The summed E-state index contributed by atoms with van der Waals surface area (Å²) in [6.45, 7) is 0. The van der Waals surface area contributed by atoms with Crippen molar-refractivity contribution in [1.29, 1.82) is 0 Å². The van der Waals surface area contributed by atoms with Gasteiger partial charge in [0, 0.05) is 6.08 Å². The van der Waals surface area contributed by atoms with Gasteiger partial charge in [0.15, 0.2) is 12.0 Å². The summed E-state index contributed by atoms with van der Waals surface area (Å²) in [5.74, 6) is 0.720. The molecule has 1 aromatic heterocycles. The summed E-state index contributed by atoms with van der Waals surface area (Å²) >= 11 is 0. The first-order valence-electron chi connectivity index (χ1n) is 2.72. The molecule has 0 bridgehead atoms. The van der Waals surface area contributed by atoms with Crippen molar-refractivity contribution in [3.8, 4) is 0 Å². The van der Waals surface area contributed by atoms with E-state index in [2.05, 4.69) is 0 Å². The van der Waals surface area contributed by atoms with E-state index >= 15 is 0 Å². The van der Waals surface area contributed by atoms with Gasteiger partial charge in [-0.15, -0.1) is 0 Å². The Kier molecular flexibility index (Phi) is 1.89. The van der Waals surface area contributed by atoms with Gasteiger partial charge in [-0.3, -0.25) is 4.79 Å². The fraction of sp³-hybridized carbons (Fsp3) is 0. The molecule has 0 aliphatic heterocycles. The second kappa shape index (κ2) is 2.87. The van der Waals surface area contributed by atoms with Gasteiger partial charge in [0.1, 0.15) is 5.76 Å². The first kappa shape index (κ1) is 6.61. The van der Waals surface area contributed by atoms with Crippen LogP contribution in [0.3, 0.4) is 0 Å². The monoisotopic (exact) mass is 138 g/mol. The van der Waals surface area contributed by atoms with Gasteiger partial charge in [0.2, 0.25) is 0 Å². The molecule has 0 atom stereocenters. The predicted molar refractivity (Wildman–Crippen MR) is 35.8 cm³/mol. The number of furan rings is 1. The Balaban J connectivity index is 2.87. The van der Waals surface area contributed by atoms with Gasteiger partial charge in [0.25, 0.3) is 0 Å². The van der Waals surface area contributed by atoms with E-state index in [9.17, 15) is 4.79 Å². The maximum absolute atomic E-state index is 10.0. The predicted octanol–water partition coefficient (Wildman–Crippen LogP) is 1.62. The molecule has 0 saturated carbocycles. The Bertz CT molecular complexity index is 247. The van der Waals surface area contributed by atoms with Crippen molar-refractivity contribution >= 4 is 12.4 Å². The maximum atomic E-state index is 10.0. The zero-order chi connectivity index (χ0) is 7.40. The number of rotatable bonds is 2. The number of hydrogen-bond donors (Lipinski definition) is 1. The van der Waals surface area contributed by atoms with Gasteiger partial charge in [-0.2, -0.15) is 0 Å². The topological polar surface area (TPSA) is 50.4 Å². The lowest BCUT2D eigenvalue weighted by atomic mass is 10.4. The number of aliphatic hydroxyl groups is 1. The molecule has 0 aromatic carbocycles. The van der Waals surface area contributed by atoms with E-state index in [1.807, 2.05) is 0 Å². The molecule has 0 radical (unpaired) electrons. The highest BCUT2D eigenvalue weighted by molar-refractivity contribution is 5.71. The van der Waals surface area contributed by atoms with E-state index in [1.165, 1.54) is 12.1 Å². The first-order chi connectivity index (χ1) is 4.86. The summed E-state index contributed by atoms with van der Waals surface area (Å²) in [4.78, 5) is 10.0. The van der Waals surface area contributed by atoms with Gasteiger partial charge >= 0.3 is 0 Å². The van der Waals surface area contributed by atoms with Crippen LogP contribution in [0.25, 0.3) is 6.08 Å². The van der Waals surface area contributed by atoms with Gasteiger partial charge in [-0.05, 0) is 12.1 Å². The molecule has 0 saturated heterocycles. The van der Waals surface area contributed by atoms with Gasteiger partial charge in [0.05, 0.1) is 6.26 Å². The smallest absolute Gasteiger partial charge is 0.185 e. The Morgan fingerprint density at radius 3 is 2.60 bits per heavy atom. The summed E-state index contributed by atoms with van der Waals surface area (Å²) in [6, 6.07) is 3.12. The molecule has 3 nitrogen and oxygen atoms in total. The molecular weight excluding hydrogens is 132 g/mol. The number of carbonyl (C=O) groups is 1. The highest BCUT2D eigenvalue weighted by Gasteiger charge is 1.94. The van der Waals surface area contributed by atoms with Crippen molar-refractivity contribution in [3.63, 3.8) is 0 Å². The third kappa shape index (κ3) is 1.25. The third-order valence-electron chi connectivity index (χ3n) is 1.00. The normalized spacial score (nSPS) is 10.4. The molecule has 0 fully saturated rings. The van der Waals surface area contributed by atoms with Gasteiger partial charge < -0.3 is 9.52 Å². The average Bonchev–Trinajstić information content (AvgIpc) is 2.37. The maximum Gasteiger partial charge on any atom is 0.185 e. The van der Waals surface area contributed by atoms with E-state index in [4.69, 9.17) is 9.52 Å². The van der Waals surface area contributed by atoms with Gasteiger partial charge in [-0.1, -0.05) is 0 Å². The zero-order valence-electron chi connectivity index (χ0n) is 5.15. The number of aldehydes is 1. The molecule has 10 heavy (non-hydrogen) atoms. The molecule has 0 aliphatic carbocycles. The molecule has 0 unspecified atom stereocenters. The van der Waals surface area contributed by atoms with E-state index in [1.54, 1.807) is 6.07 Å². The average molecular weight is 138 g/mol. The van der Waals surface area contributed by atoms with Crippen molar-refractivity contribution in [2.75, 3.05) is 0 Å². The van der Waals surface area contributed by atoms with Crippen molar-refractivity contribution in [1.82, 2.24) is 0 Å². The number of hydrogen-bond acceptors (Lipinski definition) is 3. The van der Waals surface area contributed by atoms with Crippen LogP contribution in [0.1, 0.15) is 16.3 Å². The van der Waals surface area contributed by atoms with E-state index < -0.39 is 0 Å². The Morgan fingerprint density at radius 2 is 2.10 bits per heavy atom. The minimum absolute atomic E-state index is 0.258. The fourth-order valence-corrected chi connectivity index (χ4v) is 0.595. The Labute approximate surface area is 57.6 Å². The summed E-state index contributed by atoms with van der Waals surface area (Å²) < 4.78 is 4.86. The molecule has 0 amide bonds. The third-order valence-corrected chi connectivity index (χ3v) is 1.00. The van der Waals surface area contributed by atoms with Crippen LogP contribution < -0.4 is 0 Å². The van der Waals surface area contributed by atoms with E-state index in [-0.39, 0.29) is 5.76 Å². The summed E-state index contributed by atoms with van der Waals surface area (Å²) in [7, 11) is 0. The Hall–Kier alpha value is -1.51. The summed E-state index contributed by atoms with van der Waals surface area (Å²) in [5, 5.41) is 8.27. The van der Waals surface area contributed by atoms with Crippen molar-refractivity contribution in [2.45, 2.75) is 0 Å². The number of aliphatic hydroxyl groups excluding tert-OH is 1. The molecule has 0 aliphatic rings. The summed E-state index contributed by atoms with van der Waals surface area (Å²) in [6.07, 6.45) is 2.81. The van der Waals surface area contributed by atoms with Crippen molar-refractivity contribution in [2.24, 2.45) is 0 Å². The molecule has 1 N–H and O–H groups in total. The highest BCUT2D eigenvalue weighted by atomic mass is 16.3. The fourth-order valence-electron chi connectivity index (χ4n) is 0.595. The van der Waals surface area contributed by atoms with Crippen LogP contribution in [-0.2, 0) is 0 Å². The van der Waals surface area contributed by atoms with Gasteiger partial charge in [-0.25, -0.2) is 0 Å². The lowest BCUT2D eigenvalue weighted by molar-refractivity contribution is 0.110. The van der Waals surface area contributed by atoms with Crippen LogP contribution in [0.4, 0.5) is 0 Å². The van der Waals surface area contributed by atoms with Crippen molar-refractivity contribution in [3.05, 3.63) is 29.9 Å². The van der Waals surface area contributed by atoms with Crippen molar-refractivity contribution < 1.29 is 14.3 Å². The SMILES string of the molecule is O=Cc1ccc(/C=C\O)o1. The van der Waals surface area contributed by atoms with Crippen LogP contribution >= 0.6 is 0 Å². The molecule has 52 valence electrons. The second-order valence-corrected chi connectivity index (χ2v) is 1.67. The van der Waals surface area contributed by atoms with E-state index in [0.29, 0.717) is 12.0 Å². The quantitative estimate of drug-likeness (QED) is 0.499. The first-order valence-corrected chi connectivity index (χ1v) is 2.72. The lowest BCUT2D eigenvalue weighted by Gasteiger charge is -1.79. The van der Waals surface area contributed by atoms with Crippen LogP contribution in [-0.4, -0.2) is 11.4 Å². The molecule has 1 aromatic rings. The van der Waals surface area contributed by atoms with Crippen LogP contribution in [0.5, 0.6) is 0 Å². The zero-order valence-corrected chi connectivity index (χ0v) is 5.15. The standard InChI is InChI=1S/C7H6O3/c8-4-3-6-1-2-7(5-9)10-6/h1-5,8H/b4-3-. The molecule has 1 heterocycles. The van der Waals surface area contributed by atoms with Crippen LogP contribution in [0.2, 0.25) is 0 Å². The number of carbonyl (C=O) groups excluding carboxylic acids is 1. The minimum Gasteiger partial charge on any atom is -0.515 e. The molecule has 1 rings (SSSR count).